The van der Waals surface area contributed by atoms with E-state index in [1.54, 1.807) is 55.4 Å². The number of hydrogen-bond donors (Lipinski definition) is 5. The molecule has 13 nitrogen and oxygen atoms in total. The van der Waals surface area contributed by atoms with Gasteiger partial charge in [-0.3, -0.25) is 4.79 Å². The molecule has 2 radical (unpaired) electrons. The summed E-state index contributed by atoms with van der Waals surface area (Å²) < 4.78 is 28.6. The zero-order valence-corrected chi connectivity index (χ0v) is 41.1. The Kier molecular flexibility index (Phi) is 14.8. The number of hydrogen-bond acceptors (Lipinski definition) is 13. The molecule has 8 unspecified atom stereocenters. The molecule has 5 rings (SSSR count). The zero-order valence-electron chi connectivity index (χ0n) is 30.8. The molecule has 2 bridgehead atoms. The molecular weight excluding hydrogens is 1110 g/mol. The smallest absolute Gasteiger partial charge is 0.408 e. The number of rotatable bonds is 9. The molecule has 0 spiro atoms. The van der Waals surface area contributed by atoms with Crippen molar-refractivity contribution in [1.29, 1.82) is 0 Å². The Morgan fingerprint density at radius 1 is 1.14 bits per heavy atom. The largest absolute Gasteiger partial charge is 0.467 e. The van der Waals surface area contributed by atoms with E-state index in [-0.39, 0.29) is 125 Å². The van der Waals surface area contributed by atoms with Gasteiger partial charge in [-0.1, -0.05) is 27.7 Å². The van der Waals surface area contributed by atoms with Crippen molar-refractivity contribution in [3.8, 4) is 0 Å². The van der Waals surface area contributed by atoms with Crippen LogP contribution in [-0.4, -0.2) is 105 Å². The van der Waals surface area contributed by atoms with Crippen molar-refractivity contribution >= 4 is 29.6 Å². The van der Waals surface area contributed by atoms with Gasteiger partial charge in [-0.15, -0.1) is 11.8 Å². The van der Waals surface area contributed by atoms with Crippen LogP contribution in [0, 0.1) is 110 Å². The van der Waals surface area contributed by atoms with Crippen LogP contribution in [0.2, 0.25) is 0 Å². The molecule has 51 heavy (non-hydrogen) atoms. The van der Waals surface area contributed by atoms with Gasteiger partial charge in [-0.25, -0.2) is 9.59 Å². The molecule has 1 aromatic rings. The fourth-order valence-electron chi connectivity index (χ4n) is 9.33. The predicted octanol–water partition coefficient (Wildman–Crippen LogP) is 3.04. The second kappa shape index (κ2) is 16.5. The SMILES string of the molecule is CSCOC1CC2OC[C@@]2(O)C2(C)[C@H](C)C3(O)CC(OC(=O)C(O)C(NC(=O)OC(C)C)c4ccco4)C(C)=C(C(O)C(=O)[C@]12C)C3(C)C.[Ac].[Ac]. The van der Waals surface area contributed by atoms with Crippen molar-refractivity contribution in [2.24, 2.45) is 22.2 Å². The Hall–Kier alpha value is 0.423. The number of carbonyl (C=O) groups is 3. The van der Waals surface area contributed by atoms with Gasteiger partial charge in [-0.05, 0) is 63.1 Å². The van der Waals surface area contributed by atoms with Crippen molar-refractivity contribution in [2.45, 2.75) is 122 Å². The van der Waals surface area contributed by atoms with Gasteiger partial charge in [0.05, 0.1) is 48.1 Å². The molecule has 11 atom stereocenters. The fraction of sp³-hybridized carbons (Fsp3) is 0.743. The first-order valence-electron chi connectivity index (χ1n) is 16.7. The van der Waals surface area contributed by atoms with Crippen molar-refractivity contribution in [1.82, 2.24) is 5.32 Å². The first-order chi connectivity index (χ1) is 22.7. The number of Topliss-reactive ketones (excluding diaryl/α,β-unsaturated/α-hetero) is 1. The van der Waals surface area contributed by atoms with Gasteiger partial charge >= 0.3 is 12.1 Å². The summed E-state index contributed by atoms with van der Waals surface area (Å²) in [6, 6.07) is 1.61. The monoisotopic (exact) mass is 1160 g/mol. The summed E-state index contributed by atoms with van der Waals surface area (Å²) in [6.07, 6.45) is -4.50. The van der Waals surface area contributed by atoms with Crippen LogP contribution in [0.4, 0.5) is 4.79 Å². The molecule has 1 aromatic heterocycles. The van der Waals surface area contributed by atoms with Crippen LogP contribution < -0.4 is 5.32 Å². The van der Waals surface area contributed by atoms with Gasteiger partial charge in [0.2, 0.25) is 0 Å². The Balaban J connectivity index is 0.00000351. The van der Waals surface area contributed by atoms with E-state index in [9.17, 15) is 34.8 Å². The summed E-state index contributed by atoms with van der Waals surface area (Å²) in [5.74, 6) is -2.25. The van der Waals surface area contributed by atoms with Crippen molar-refractivity contribution in [3.63, 3.8) is 0 Å². The predicted molar refractivity (Wildman–Crippen MR) is 177 cm³/mol. The number of aliphatic hydroxyl groups is 4. The summed E-state index contributed by atoms with van der Waals surface area (Å²) in [7, 11) is 0. The van der Waals surface area contributed by atoms with Crippen molar-refractivity contribution < 1.29 is 146 Å². The Bertz CT molecular complexity index is 1490. The maximum atomic E-state index is 14.9. The second-order valence-electron chi connectivity index (χ2n) is 15.2. The number of ketones is 1. The quantitative estimate of drug-likeness (QED) is 0.138. The number of alkyl carbamates (subject to hydrolysis) is 1. The molecule has 1 saturated heterocycles. The maximum absolute atomic E-state index is 14.9. The standard InChI is InChI=1S/C35H51NO12S.2Ac/c1-17(2)47-30(41)36-25(20-11-10-12-44-20)27(38)29(40)48-21-14-34(42)19(4)33(8)32(7,28(39)26(37)24(18(21)3)31(34,5)6)22(46-16-49-9)13-23-35(33,43)15-45-23;;/h10-12,17,19,21-23,25-27,37-38,42-43H,13-16H2,1-9H3,(H,36,41);;/t19-,21?,22?,23?,25?,26?,27?,32-,33?,34?,35-;;/m0../s1. The third-order valence-electron chi connectivity index (χ3n) is 12.5. The molecule has 0 aromatic carbocycles. The Morgan fingerprint density at radius 3 is 2.31 bits per heavy atom. The van der Waals surface area contributed by atoms with Crippen LogP contribution in [0.1, 0.15) is 80.0 Å². The number of fused-ring (bicyclic) bond motifs is 5. The minimum absolute atomic E-state index is 0. The van der Waals surface area contributed by atoms with Crippen LogP contribution in [-0.2, 0) is 28.5 Å². The summed E-state index contributed by atoms with van der Waals surface area (Å²) in [6.45, 7) is 13.6. The molecule has 1 aliphatic heterocycles. The van der Waals surface area contributed by atoms with E-state index in [0.29, 0.717) is 5.57 Å². The second-order valence-corrected chi connectivity index (χ2v) is 16.0. The number of nitrogens with one attached hydrogen (secondary N) is 1. The molecular formula is C35H51Ac2NO12S. The first-order valence-corrected chi connectivity index (χ1v) is 18.1. The molecule has 1 amide bonds. The van der Waals surface area contributed by atoms with Gasteiger partial charge in [0, 0.05) is 112 Å². The van der Waals surface area contributed by atoms with E-state index in [0.717, 1.165) is 0 Å². The van der Waals surface area contributed by atoms with Crippen LogP contribution in [0.3, 0.4) is 0 Å². The van der Waals surface area contributed by atoms with Gasteiger partial charge in [0.1, 0.15) is 29.6 Å². The molecule has 3 aliphatic carbocycles. The molecule has 4 aliphatic rings. The fourth-order valence-corrected chi connectivity index (χ4v) is 9.63. The van der Waals surface area contributed by atoms with Gasteiger partial charge in [0.15, 0.2) is 11.9 Å². The first kappa shape index (κ1) is 45.8. The van der Waals surface area contributed by atoms with E-state index < -0.39 is 93.9 Å². The van der Waals surface area contributed by atoms with E-state index in [4.69, 9.17) is 23.4 Å². The molecule has 280 valence electrons. The number of amides is 1. The minimum Gasteiger partial charge on any atom is -0.467 e. The minimum atomic E-state index is -1.97. The van der Waals surface area contributed by atoms with Gasteiger partial charge < -0.3 is 49.1 Å². The third-order valence-corrected chi connectivity index (χ3v) is 12.9. The number of thioether (sulfide) groups is 1. The van der Waals surface area contributed by atoms with Crippen LogP contribution in [0.5, 0.6) is 0 Å². The molecule has 2 heterocycles. The Labute approximate surface area is 375 Å². The topological polar surface area (TPSA) is 194 Å². The van der Waals surface area contributed by atoms with Gasteiger partial charge in [-0.2, -0.15) is 0 Å². The summed E-state index contributed by atoms with van der Waals surface area (Å²) in [5, 5.41) is 51.2. The van der Waals surface area contributed by atoms with Crippen molar-refractivity contribution in [2.75, 3.05) is 18.8 Å². The number of furan rings is 1. The van der Waals surface area contributed by atoms with Crippen LogP contribution in [0.15, 0.2) is 34.0 Å². The normalized spacial score (nSPS) is 37.9. The average Bonchev–Trinajstić information content (AvgIpc) is 3.57. The van der Waals surface area contributed by atoms with Crippen LogP contribution in [0.25, 0.3) is 0 Å². The van der Waals surface area contributed by atoms with Gasteiger partial charge in [0.25, 0.3) is 0 Å². The van der Waals surface area contributed by atoms with Crippen molar-refractivity contribution in [3.05, 3.63) is 35.3 Å². The van der Waals surface area contributed by atoms with E-state index in [1.807, 2.05) is 6.26 Å². The number of ether oxygens (including phenoxy) is 4. The summed E-state index contributed by atoms with van der Waals surface area (Å²) >= 11 is 1.43. The maximum Gasteiger partial charge on any atom is 0.408 e. The van der Waals surface area contributed by atoms with E-state index in [1.165, 1.54) is 30.2 Å². The van der Waals surface area contributed by atoms with E-state index in [2.05, 4.69) is 5.32 Å². The molecule has 5 N–H and O–H groups in total. The van der Waals surface area contributed by atoms with E-state index >= 15 is 0 Å². The summed E-state index contributed by atoms with van der Waals surface area (Å²) in [5.41, 5.74) is -6.92. The molecule has 2 saturated carbocycles. The molecule has 16 heteroatoms. The number of esters is 1. The zero-order chi connectivity index (χ0) is 36.5. The average molecular weight is 1160 g/mol. The Morgan fingerprint density at radius 2 is 1.78 bits per heavy atom. The summed E-state index contributed by atoms with van der Waals surface area (Å²) in [4.78, 5) is 41.0. The van der Waals surface area contributed by atoms with Crippen LogP contribution >= 0.6 is 11.8 Å². The molecule has 3 fully saturated rings. The number of aliphatic hydroxyl groups excluding tert-OH is 2. The third kappa shape index (κ3) is 7.06. The number of carbonyl (C=O) groups excluding carboxylic acids is 3.